The number of halogens is 1. The van der Waals surface area contributed by atoms with E-state index in [1.165, 1.54) is 30.5 Å². The Morgan fingerprint density at radius 1 is 1.33 bits per heavy atom. The van der Waals surface area contributed by atoms with E-state index in [2.05, 4.69) is 10.3 Å². The van der Waals surface area contributed by atoms with Gasteiger partial charge in [0.15, 0.2) is 9.84 Å². The molecule has 0 spiro atoms. The molecule has 0 radical (unpaired) electrons. The number of morpholine rings is 1. The van der Waals surface area contributed by atoms with Crippen LogP contribution in [0.2, 0.25) is 0 Å². The predicted octanol–water partition coefficient (Wildman–Crippen LogP) is 1.91. The molecule has 0 aliphatic carbocycles. The Labute approximate surface area is 157 Å². The quantitative estimate of drug-likeness (QED) is 0.857. The maximum atomic E-state index is 13.2. The van der Waals surface area contributed by atoms with Crippen molar-refractivity contribution in [3.05, 3.63) is 59.7 Å². The molecular formula is C18H20FN3O4S. The summed E-state index contributed by atoms with van der Waals surface area (Å²) in [4.78, 5) is 18.4. The van der Waals surface area contributed by atoms with Crippen LogP contribution in [0.15, 0.2) is 47.5 Å². The summed E-state index contributed by atoms with van der Waals surface area (Å²) in [7, 11) is -3.45. The van der Waals surface area contributed by atoms with Crippen LogP contribution in [0.4, 0.5) is 9.18 Å². The number of carbonyl (C=O) groups is 1. The van der Waals surface area contributed by atoms with Crippen molar-refractivity contribution in [2.75, 3.05) is 26.0 Å². The molecule has 27 heavy (non-hydrogen) atoms. The van der Waals surface area contributed by atoms with Crippen LogP contribution in [0.5, 0.6) is 0 Å². The molecular weight excluding hydrogens is 373 g/mol. The van der Waals surface area contributed by atoms with Crippen molar-refractivity contribution in [2.45, 2.75) is 17.5 Å². The zero-order valence-corrected chi connectivity index (χ0v) is 15.6. The number of ether oxygens (including phenoxy) is 1. The van der Waals surface area contributed by atoms with Gasteiger partial charge in [-0.05, 0) is 29.8 Å². The number of nitrogens with zero attached hydrogens (tertiary/aromatic N) is 2. The van der Waals surface area contributed by atoms with Crippen molar-refractivity contribution in [2.24, 2.45) is 0 Å². The van der Waals surface area contributed by atoms with Crippen molar-refractivity contribution in [1.82, 2.24) is 15.2 Å². The van der Waals surface area contributed by atoms with Crippen molar-refractivity contribution in [3.8, 4) is 0 Å². The molecule has 9 heteroatoms. The number of amides is 2. The van der Waals surface area contributed by atoms with Crippen LogP contribution in [-0.4, -0.2) is 50.3 Å². The van der Waals surface area contributed by atoms with Gasteiger partial charge in [-0.2, -0.15) is 0 Å². The van der Waals surface area contributed by atoms with E-state index in [4.69, 9.17) is 4.74 Å². The summed E-state index contributed by atoms with van der Waals surface area (Å²) < 4.78 is 42.3. The first-order valence-electron chi connectivity index (χ1n) is 8.38. The van der Waals surface area contributed by atoms with Crippen LogP contribution in [0, 0.1) is 5.82 Å². The number of benzene rings is 1. The second-order valence-electron chi connectivity index (χ2n) is 6.21. The maximum absolute atomic E-state index is 13.2. The average molecular weight is 393 g/mol. The normalized spacial score (nSPS) is 17.6. The number of urea groups is 1. The molecule has 1 aliphatic heterocycles. The lowest BCUT2D eigenvalue weighted by Crippen LogP contribution is -2.48. The van der Waals surface area contributed by atoms with Crippen LogP contribution in [0.3, 0.4) is 0 Å². The van der Waals surface area contributed by atoms with E-state index in [0.717, 1.165) is 11.8 Å². The molecule has 1 N–H and O–H groups in total. The Hall–Kier alpha value is -2.52. The number of hydrogen-bond donors (Lipinski definition) is 1. The molecule has 1 unspecified atom stereocenters. The highest BCUT2D eigenvalue weighted by atomic mass is 32.2. The van der Waals surface area contributed by atoms with E-state index in [1.54, 1.807) is 17.0 Å². The molecule has 3 rings (SSSR count). The van der Waals surface area contributed by atoms with Gasteiger partial charge in [-0.1, -0.05) is 12.1 Å². The average Bonchev–Trinajstić information content (AvgIpc) is 2.66. The second-order valence-corrected chi connectivity index (χ2v) is 8.20. The molecule has 1 saturated heterocycles. The molecule has 1 aromatic carbocycles. The smallest absolute Gasteiger partial charge is 0.318 e. The number of hydrogen-bond acceptors (Lipinski definition) is 5. The van der Waals surface area contributed by atoms with Gasteiger partial charge >= 0.3 is 6.03 Å². The van der Waals surface area contributed by atoms with Gasteiger partial charge in [-0.15, -0.1) is 0 Å². The van der Waals surface area contributed by atoms with E-state index in [-0.39, 0.29) is 35.0 Å². The fourth-order valence-corrected chi connectivity index (χ4v) is 3.84. The van der Waals surface area contributed by atoms with E-state index in [1.807, 2.05) is 0 Å². The summed E-state index contributed by atoms with van der Waals surface area (Å²) in [5, 5.41) is 2.72. The number of pyridine rings is 1. The Morgan fingerprint density at radius 3 is 2.78 bits per heavy atom. The third-order valence-corrected chi connectivity index (χ3v) is 5.47. The maximum Gasteiger partial charge on any atom is 0.318 e. The van der Waals surface area contributed by atoms with Gasteiger partial charge in [0.25, 0.3) is 0 Å². The molecule has 1 aliphatic rings. The summed E-state index contributed by atoms with van der Waals surface area (Å²) in [5.74, 6) is -0.352. The predicted molar refractivity (Wildman–Crippen MR) is 96.2 cm³/mol. The summed E-state index contributed by atoms with van der Waals surface area (Å²) in [6, 6.07) is 8.20. The molecule has 0 saturated carbocycles. The molecule has 2 aromatic rings. The summed E-state index contributed by atoms with van der Waals surface area (Å²) in [6.07, 6.45) is 2.58. The SMILES string of the molecule is CS(=O)(=O)c1cccnc1CNC(=O)N1CCOCC1c1ccc(F)cc1. The zero-order chi connectivity index (χ0) is 19.4. The van der Waals surface area contributed by atoms with E-state index in [0.29, 0.717) is 19.8 Å². The fourth-order valence-electron chi connectivity index (χ4n) is 2.96. The Bertz CT molecular complexity index is 918. The molecule has 2 heterocycles. The third-order valence-electron chi connectivity index (χ3n) is 4.30. The molecule has 2 amide bonds. The first-order valence-corrected chi connectivity index (χ1v) is 10.3. The summed E-state index contributed by atoms with van der Waals surface area (Å²) >= 11 is 0. The van der Waals surface area contributed by atoms with Gasteiger partial charge in [0, 0.05) is 19.0 Å². The summed E-state index contributed by atoms with van der Waals surface area (Å²) in [5.41, 5.74) is 1.04. The topological polar surface area (TPSA) is 88.6 Å². The van der Waals surface area contributed by atoms with E-state index in [9.17, 15) is 17.6 Å². The van der Waals surface area contributed by atoms with Crippen LogP contribution in [-0.2, 0) is 21.1 Å². The minimum absolute atomic E-state index is 0.0183. The van der Waals surface area contributed by atoms with Gasteiger partial charge in [-0.25, -0.2) is 17.6 Å². The van der Waals surface area contributed by atoms with Crippen molar-refractivity contribution < 1.29 is 22.3 Å². The minimum Gasteiger partial charge on any atom is -0.377 e. The molecule has 0 bridgehead atoms. The number of sulfone groups is 1. The van der Waals surface area contributed by atoms with Crippen molar-refractivity contribution >= 4 is 15.9 Å². The van der Waals surface area contributed by atoms with Gasteiger partial charge < -0.3 is 15.0 Å². The van der Waals surface area contributed by atoms with Gasteiger partial charge in [0.05, 0.1) is 36.4 Å². The summed E-state index contributed by atoms with van der Waals surface area (Å²) in [6.45, 7) is 1.05. The lowest BCUT2D eigenvalue weighted by Gasteiger charge is -2.35. The minimum atomic E-state index is -3.45. The molecule has 144 valence electrons. The highest BCUT2D eigenvalue weighted by molar-refractivity contribution is 7.90. The van der Waals surface area contributed by atoms with Gasteiger partial charge in [0.2, 0.25) is 0 Å². The fraction of sp³-hybridized carbons (Fsp3) is 0.333. The Balaban J connectivity index is 1.74. The number of carbonyl (C=O) groups excluding carboxylic acids is 1. The second kappa shape index (κ2) is 8.01. The first-order chi connectivity index (χ1) is 12.9. The van der Waals surface area contributed by atoms with Crippen LogP contribution < -0.4 is 5.32 Å². The lowest BCUT2D eigenvalue weighted by molar-refractivity contribution is 0.0115. The van der Waals surface area contributed by atoms with E-state index < -0.39 is 9.84 Å². The Kier molecular flexibility index (Phi) is 5.71. The molecule has 1 aromatic heterocycles. The van der Waals surface area contributed by atoms with E-state index >= 15 is 0 Å². The monoisotopic (exact) mass is 393 g/mol. The van der Waals surface area contributed by atoms with Crippen molar-refractivity contribution in [3.63, 3.8) is 0 Å². The lowest BCUT2D eigenvalue weighted by atomic mass is 10.1. The van der Waals surface area contributed by atoms with Gasteiger partial charge in [-0.3, -0.25) is 4.98 Å². The highest BCUT2D eigenvalue weighted by Gasteiger charge is 2.29. The third kappa shape index (κ3) is 4.61. The number of nitrogens with one attached hydrogen (secondary N) is 1. The first kappa shape index (κ1) is 19.2. The number of rotatable bonds is 4. The van der Waals surface area contributed by atoms with Gasteiger partial charge in [0.1, 0.15) is 5.82 Å². The van der Waals surface area contributed by atoms with Crippen LogP contribution in [0.1, 0.15) is 17.3 Å². The Morgan fingerprint density at radius 2 is 2.07 bits per heavy atom. The molecule has 7 nitrogen and oxygen atoms in total. The van der Waals surface area contributed by atoms with Crippen molar-refractivity contribution in [1.29, 1.82) is 0 Å². The zero-order valence-electron chi connectivity index (χ0n) is 14.8. The van der Waals surface area contributed by atoms with Crippen LogP contribution >= 0.6 is 0 Å². The number of aromatic nitrogens is 1. The van der Waals surface area contributed by atoms with Crippen LogP contribution in [0.25, 0.3) is 0 Å². The largest absolute Gasteiger partial charge is 0.377 e. The highest BCUT2D eigenvalue weighted by Crippen LogP contribution is 2.24. The standard InChI is InChI=1S/C18H20FN3O4S/c1-27(24,25)17-3-2-8-20-15(17)11-21-18(23)22-9-10-26-12-16(22)13-4-6-14(19)7-5-13/h2-8,16H,9-12H2,1H3,(H,21,23). The molecule has 1 atom stereocenters. The molecule has 1 fully saturated rings.